The lowest BCUT2D eigenvalue weighted by atomic mass is 10.4. The number of hydrogen-bond donors (Lipinski definition) is 0. The monoisotopic (exact) mass is 178 g/mol. The van der Waals surface area contributed by atoms with Crippen LogP contribution in [0, 0.1) is 0 Å². The first kappa shape index (κ1) is 8.98. The Morgan fingerprint density at radius 3 is 2.50 bits per heavy atom. The predicted octanol–water partition coefficient (Wildman–Crippen LogP) is 2.48. The van der Waals surface area contributed by atoms with E-state index in [9.17, 15) is 4.21 Å². The second-order valence-corrected chi connectivity index (χ2v) is 3.94. The van der Waals surface area contributed by atoms with Crippen molar-refractivity contribution in [2.75, 3.05) is 0 Å². The maximum atomic E-state index is 11.5. The quantitative estimate of drug-likeness (QED) is 0.636. The van der Waals surface area contributed by atoms with Gasteiger partial charge < -0.3 is 0 Å². The van der Waals surface area contributed by atoms with Crippen molar-refractivity contribution in [3.63, 3.8) is 0 Å². The Morgan fingerprint density at radius 2 is 2.00 bits per heavy atom. The summed E-state index contributed by atoms with van der Waals surface area (Å²) in [6.45, 7) is 5.21. The van der Waals surface area contributed by atoms with E-state index in [0.717, 1.165) is 4.90 Å². The van der Waals surface area contributed by atoms with Crippen molar-refractivity contribution < 1.29 is 4.21 Å². The normalized spacial score (nSPS) is 11.8. The van der Waals surface area contributed by atoms with Crippen molar-refractivity contribution in [3.05, 3.63) is 47.5 Å². The van der Waals surface area contributed by atoms with Gasteiger partial charge in [-0.1, -0.05) is 24.8 Å². The van der Waals surface area contributed by atoms with Crippen LogP contribution in [0.5, 0.6) is 0 Å². The van der Waals surface area contributed by atoms with Crippen LogP contribution in [0.1, 0.15) is 6.92 Å². The van der Waals surface area contributed by atoms with Crippen LogP contribution in [0.4, 0.5) is 0 Å². The van der Waals surface area contributed by atoms with Crippen molar-refractivity contribution >= 4 is 10.8 Å². The molecule has 0 spiro atoms. The highest BCUT2D eigenvalue weighted by Crippen LogP contribution is 2.11. The van der Waals surface area contributed by atoms with E-state index >= 15 is 0 Å². The van der Waals surface area contributed by atoms with E-state index in [1.54, 1.807) is 6.92 Å². The predicted molar refractivity (Wildman–Crippen MR) is 51.2 cm³/mol. The van der Waals surface area contributed by atoms with E-state index in [2.05, 4.69) is 12.3 Å². The SMILES string of the molecule is C=C=C(C)S(=O)c1ccccc1. The third-order valence-electron chi connectivity index (χ3n) is 1.48. The van der Waals surface area contributed by atoms with Crippen LogP contribution in [0.2, 0.25) is 0 Å². The molecule has 1 aromatic carbocycles. The highest BCUT2D eigenvalue weighted by Gasteiger charge is 2.02. The van der Waals surface area contributed by atoms with Gasteiger partial charge in [0.2, 0.25) is 0 Å². The van der Waals surface area contributed by atoms with Gasteiger partial charge in [0, 0.05) is 4.90 Å². The lowest BCUT2D eigenvalue weighted by molar-refractivity contribution is 0.687. The summed E-state index contributed by atoms with van der Waals surface area (Å²) in [6.07, 6.45) is 0. The van der Waals surface area contributed by atoms with Gasteiger partial charge in [0.25, 0.3) is 0 Å². The lowest BCUT2D eigenvalue weighted by Crippen LogP contribution is -1.90. The molecule has 62 valence electrons. The van der Waals surface area contributed by atoms with Gasteiger partial charge in [0.15, 0.2) is 0 Å². The Morgan fingerprint density at radius 1 is 1.42 bits per heavy atom. The van der Waals surface area contributed by atoms with Gasteiger partial charge in [-0.25, -0.2) is 4.21 Å². The molecule has 0 heterocycles. The molecule has 1 atom stereocenters. The van der Waals surface area contributed by atoms with E-state index in [1.807, 2.05) is 30.3 Å². The topological polar surface area (TPSA) is 17.1 Å². The summed E-state index contributed by atoms with van der Waals surface area (Å²) in [6, 6.07) is 9.29. The maximum absolute atomic E-state index is 11.5. The highest BCUT2D eigenvalue weighted by atomic mass is 32.2. The molecule has 1 unspecified atom stereocenters. The summed E-state index contributed by atoms with van der Waals surface area (Å²) in [7, 11) is -1.09. The second kappa shape index (κ2) is 4.05. The van der Waals surface area contributed by atoms with Gasteiger partial charge in [-0.05, 0) is 19.1 Å². The smallest absolute Gasteiger partial charge is 0.0883 e. The van der Waals surface area contributed by atoms with Crippen LogP contribution < -0.4 is 0 Å². The van der Waals surface area contributed by atoms with Gasteiger partial charge in [-0.2, -0.15) is 0 Å². The van der Waals surface area contributed by atoms with Crippen LogP contribution >= 0.6 is 0 Å². The summed E-state index contributed by atoms with van der Waals surface area (Å²) >= 11 is 0. The standard InChI is InChI=1S/C10H10OS/c1-3-9(2)12(11)10-7-5-4-6-8-10/h4-8H,1H2,2H3. The van der Waals surface area contributed by atoms with E-state index in [4.69, 9.17) is 0 Å². The molecule has 0 saturated carbocycles. The van der Waals surface area contributed by atoms with Gasteiger partial charge in [-0.15, -0.1) is 5.73 Å². The van der Waals surface area contributed by atoms with E-state index in [1.165, 1.54) is 0 Å². The van der Waals surface area contributed by atoms with Gasteiger partial charge in [0.1, 0.15) is 0 Å². The summed E-state index contributed by atoms with van der Waals surface area (Å²) < 4.78 is 11.5. The molecule has 0 aliphatic rings. The fourth-order valence-electron chi connectivity index (χ4n) is 0.786. The summed E-state index contributed by atoms with van der Waals surface area (Å²) in [5.41, 5.74) is 2.63. The van der Waals surface area contributed by atoms with E-state index in [0.29, 0.717) is 4.91 Å². The number of allylic oxidation sites excluding steroid dienone is 1. The highest BCUT2D eigenvalue weighted by molar-refractivity contribution is 7.89. The fourth-order valence-corrected chi connectivity index (χ4v) is 1.68. The molecule has 2 heteroatoms. The van der Waals surface area contributed by atoms with Crippen molar-refractivity contribution in [2.45, 2.75) is 11.8 Å². The Balaban J connectivity index is 3.02. The molecule has 0 fully saturated rings. The van der Waals surface area contributed by atoms with Gasteiger partial charge in [-0.3, -0.25) is 0 Å². The molecule has 0 radical (unpaired) electrons. The zero-order valence-corrected chi connectivity index (χ0v) is 7.73. The number of hydrogen-bond acceptors (Lipinski definition) is 1. The third-order valence-corrected chi connectivity index (χ3v) is 2.89. The lowest BCUT2D eigenvalue weighted by Gasteiger charge is -1.97. The zero-order chi connectivity index (χ0) is 8.97. The molecule has 1 aromatic rings. The zero-order valence-electron chi connectivity index (χ0n) is 6.91. The first-order valence-corrected chi connectivity index (χ1v) is 4.74. The molecule has 0 aliphatic heterocycles. The molecule has 0 bridgehead atoms. The molecule has 0 amide bonds. The van der Waals surface area contributed by atoms with Crippen LogP contribution in [-0.4, -0.2) is 4.21 Å². The molecular weight excluding hydrogens is 168 g/mol. The molecule has 1 nitrogen and oxygen atoms in total. The molecule has 0 saturated heterocycles. The van der Waals surface area contributed by atoms with Crippen molar-refractivity contribution in [1.29, 1.82) is 0 Å². The molecular formula is C10H10OS. The fraction of sp³-hybridized carbons (Fsp3) is 0.100. The maximum Gasteiger partial charge on any atom is 0.0883 e. The Bertz CT molecular complexity index is 334. The van der Waals surface area contributed by atoms with Crippen LogP contribution in [0.25, 0.3) is 0 Å². The van der Waals surface area contributed by atoms with Crippen molar-refractivity contribution in [3.8, 4) is 0 Å². The molecule has 0 aromatic heterocycles. The minimum atomic E-state index is -1.09. The van der Waals surface area contributed by atoms with Gasteiger partial charge in [0.05, 0.1) is 15.7 Å². The largest absolute Gasteiger partial charge is 0.249 e. The van der Waals surface area contributed by atoms with E-state index in [-0.39, 0.29) is 0 Å². The Labute approximate surface area is 74.9 Å². The Kier molecular flexibility index (Phi) is 3.03. The van der Waals surface area contributed by atoms with Crippen LogP contribution in [-0.2, 0) is 10.8 Å². The molecule has 1 rings (SSSR count). The molecule has 0 aliphatic carbocycles. The minimum absolute atomic E-state index is 0.668. The summed E-state index contributed by atoms with van der Waals surface area (Å²) in [5, 5.41) is 0. The van der Waals surface area contributed by atoms with Crippen LogP contribution in [0.15, 0.2) is 52.4 Å². The Hall–Kier alpha value is -1.11. The van der Waals surface area contributed by atoms with Crippen molar-refractivity contribution in [2.24, 2.45) is 0 Å². The van der Waals surface area contributed by atoms with Gasteiger partial charge >= 0.3 is 0 Å². The first-order valence-electron chi connectivity index (χ1n) is 3.59. The third kappa shape index (κ3) is 1.94. The first-order chi connectivity index (χ1) is 5.75. The number of rotatable bonds is 2. The molecule has 0 N–H and O–H groups in total. The summed E-state index contributed by atoms with van der Waals surface area (Å²) in [4.78, 5) is 1.47. The van der Waals surface area contributed by atoms with Crippen molar-refractivity contribution in [1.82, 2.24) is 0 Å². The molecule has 12 heavy (non-hydrogen) atoms. The van der Waals surface area contributed by atoms with Crippen LogP contribution in [0.3, 0.4) is 0 Å². The minimum Gasteiger partial charge on any atom is -0.249 e. The average molecular weight is 178 g/mol. The summed E-state index contributed by atoms with van der Waals surface area (Å²) in [5.74, 6) is 0. The average Bonchev–Trinajstić information content (AvgIpc) is 2.17. The van der Waals surface area contributed by atoms with E-state index < -0.39 is 10.8 Å². The number of benzene rings is 1. The second-order valence-electron chi connectivity index (χ2n) is 2.31.